The summed E-state index contributed by atoms with van der Waals surface area (Å²) in [6, 6.07) is 30.6. The Balaban J connectivity index is 1.39. The lowest BCUT2D eigenvalue weighted by Crippen LogP contribution is -2.33. The number of methoxy groups -OCH3 is 1. The maximum atomic E-state index is 13.7. The molecule has 186 valence electrons. The second-order valence-electron chi connectivity index (χ2n) is 8.56. The predicted octanol–water partition coefficient (Wildman–Crippen LogP) is 6.26. The minimum Gasteiger partial charge on any atom is -0.504 e. The van der Waals surface area contributed by atoms with E-state index in [9.17, 15) is 9.90 Å². The van der Waals surface area contributed by atoms with Gasteiger partial charge in [-0.2, -0.15) is 0 Å². The topological polar surface area (TPSA) is 90.8 Å². The Bertz CT molecular complexity index is 1710. The summed E-state index contributed by atoms with van der Waals surface area (Å²) in [7, 11) is 1.48. The fourth-order valence-electron chi connectivity index (χ4n) is 4.21. The van der Waals surface area contributed by atoms with E-state index in [0.29, 0.717) is 23.1 Å². The molecule has 4 aromatic carbocycles. The number of benzene rings is 4. The predicted molar refractivity (Wildman–Crippen MR) is 150 cm³/mol. The van der Waals surface area contributed by atoms with Crippen LogP contribution in [0.4, 0.5) is 5.95 Å². The number of fused-ring (bicyclic) bond motifs is 1. The number of hydrogen-bond acceptors (Lipinski definition) is 6. The molecule has 0 bridgehead atoms. The van der Waals surface area contributed by atoms with Gasteiger partial charge in [-0.25, -0.2) is 14.9 Å². The summed E-state index contributed by atoms with van der Waals surface area (Å²) >= 11 is 1.66. The van der Waals surface area contributed by atoms with Gasteiger partial charge in [0.1, 0.15) is 5.70 Å². The zero-order valence-electron chi connectivity index (χ0n) is 20.3. The molecule has 0 saturated carbocycles. The summed E-state index contributed by atoms with van der Waals surface area (Å²) < 4.78 is 5.21. The fraction of sp³-hybridized carbons (Fsp3) is 0.0333. The molecule has 0 fully saturated rings. The first-order chi connectivity index (χ1) is 18.6. The van der Waals surface area contributed by atoms with Gasteiger partial charge >= 0.3 is 0 Å². The summed E-state index contributed by atoms with van der Waals surface area (Å²) in [6.45, 7) is 0. The van der Waals surface area contributed by atoms with Gasteiger partial charge in [0, 0.05) is 15.4 Å². The Kier molecular flexibility index (Phi) is 6.15. The number of aromatic amines is 1. The van der Waals surface area contributed by atoms with Crippen LogP contribution in [-0.2, 0) is 4.79 Å². The zero-order chi connectivity index (χ0) is 26.1. The van der Waals surface area contributed by atoms with E-state index >= 15 is 0 Å². The molecule has 2 heterocycles. The van der Waals surface area contributed by atoms with E-state index in [4.69, 9.17) is 14.7 Å². The van der Waals surface area contributed by atoms with Gasteiger partial charge in [0.2, 0.25) is 5.95 Å². The first kappa shape index (κ1) is 23.6. The van der Waals surface area contributed by atoms with E-state index < -0.39 is 0 Å². The number of carbonyl (C=O) groups is 1. The van der Waals surface area contributed by atoms with Crippen LogP contribution in [0.2, 0.25) is 0 Å². The van der Waals surface area contributed by atoms with Crippen molar-refractivity contribution in [1.82, 2.24) is 9.97 Å². The molecular formula is C30H22N4O3S. The van der Waals surface area contributed by atoms with Crippen molar-refractivity contribution in [1.29, 1.82) is 0 Å². The number of aromatic nitrogens is 2. The Morgan fingerprint density at radius 2 is 1.68 bits per heavy atom. The number of amidine groups is 1. The SMILES string of the molecule is COc1cc(/C=C2\N=C(c3ccccc3)N(c3nc4ccc(Sc5ccccc5)cc4[nH]3)C2=O)ccc1O. The van der Waals surface area contributed by atoms with E-state index in [-0.39, 0.29) is 17.4 Å². The van der Waals surface area contributed by atoms with E-state index in [1.165, 1.54) is 18.1 Å². The van der Waals surface area contributed by atoms with E-state index in [2.05, 4.69) is 17.1 Å². The molecule has 0 spiro atoms. The summed E-state index contributed by atoms with van der Waals surface area (Å²) in [5.41, 5.74) is 3.28. The summed E-state index contributed by atoms with van der Waals surface area (Å²) in [5, 5.41) is 9.94. The van der Waals surface area contributed by atoms with Gasteiger partial charge in [-0.05, 0) is 54.1 Å². The number of rotatable bonds is 6. The molecule has 0 radical (unpaired) electrons. The molecule has 2 N–H and O–H groups in total. The molecule has 6 rings (SSSR count). The number of aliphatic imine (C=N–C) groups is 1. The van der Waals surface area contributed by atoms with Crippen molar-refractivity contribution in [2.45, 2.75) is 9.79 Å². The lowest BCUT2D eigenvalue weighted by Gasteiger charge is -2.15. The minimum absolute atomic E-state index is 0.0228. The van der Waals surface area contributed by atoms with Gasteiger partial charge in [-0.3, -0.25) is 4.79 Å². The number of anilines is 1. The van der Waals surface area contributed by atoms with Gasteiger partial charge in [0.25, 0.3) is 5.91 Å². The number of H-pyrrole nitrogens is 1. The van der Waals surface area contributed by atoms with Crippen LogP contribution in [0.15, 0.2) is 118 Å². The van der Waals surface area contributed by atoms with Crippen LogP contribution in [0.5, 0.6) is 11.5 Å². The van der Waals surface area contributed by atoms with Crippen LogP contribution < -0.4 is 9.64 Å². The fourth-order valence-corrected chi connectivity index (χ4v) is 5.08. The average molecular weight is 519 g/mol. The number of ether oxygens (including phenoxy) is 1. The van der Waals surface area contributed by atoms with Gasteiger partial charge in [0.15, 0.2) is 17.3 Å². The van der Waals surface area contributed by atoms with Crippen LogP contribution in [-0.4, -0.2) is 33.9 Å². The van der Waals surface area contributed by atoms with E-state index in [0.717, 1.165) is 26.4 Å². The Morgan fingerprint density at radius 1 is 0.921 bits per heavy atom. The number of nitrogens with zero attached hydrogens (tertiary/aromatic N) is 3. The van der Waals surface area contributed by atoms with Crippen molar-refractivity contribution in [3.8, 4) is 11.5 Å². The first-order valence-corrected chi connectivity index (χ1v) is 12.7. The second-order valence-corrected chi connectivity index (χ2v) is 9.70. The zero-order valence-corrected chi connectivity index (χ0v) is 21.1. The van der Waals surface area contributed by atoms with Crippen molar-refractivity contribution in [3.63, 3.8) is 0 Å². The normalized spacial score (nSPS) is 14.3. The van der Waals surface area contributed by atoms with Crippen LogP contribution in [0.1, 0.15) is 11.1 Å². The highest BCUT2D eigenvalue weighted by Gasteiger charge is 2.34. The molecule has 0 aliphatic carbocycles. The first-order valence-electron chi connectivity index (χ1n) is 11.9. The third kappa shape index (κ3) is 4.53. The van der Waals surface area contributed by atoms with Crippen LogP contribution in [0.25, 0.3) is 17.1 Å². The number of phenols is 1. The van der Waals surface area contributed by atoms with Crippen molar-refractivity contribution in [2.75, 3.05) is 12.0 Å². The standard InChI is InChI=1S/C30H22N4O3S/c1-37-27-17-19(12-15-26(27)35)16-25-29(36)34(28(31-25)20-8-4-2-5-9-20)30-32-23-14-13-22(18-24(23)33-30)38-21-10-6-3-7-11-21/h2-18,35H,1H3,(H,32,33)/b25-16-. The van der Waals surface area contributed by atoms with Crippen molar-refractivity contribution in [2.24, 2.45) is 4.99 Å². The monoisotopic (exact) mass is 518 g/mol. The maximum Gasteiger partial charge on any atom is 0.285 e. The number of aromatic hydroxyl groups is 1. The average Bonchev–Trinajstić information content (AvgIpc) is 3.51. The third-order valence-electron chi connectivity index (χ3n) is 6.03. The van der Waals surface area contributed by atoms with Gasteiger partial charge in [-0.15, -0.1) is 0 Å². The highest BCUT2D eigenvalue weighted by Crippen LogP contribution is 2.33. The van der Waals surface area contributed by atoms with Crippen LogP contribution in [0.3, 0.4) is 0 Å². The van der Waals surface area contributed by atoms with E-state index in [1.807, 2.05) is 66.7 Å². The molecule has 0 unspecified atom stereocenters. The Hall–Kier alpha value is -4.82. The van der Waals surface area contributed by atoms with Crippen LogP contribution in [0, 0.1) is 0 Å². The van der Waals surface area contributed by atoms with Crippen molar-refractivity contribution in [3.05, 3.63) is 114 Å². The summed E-state index contributed by atoms with van der Waals surface area (Å²) in [6.07, 6.45) is 1.67. The Labute approximate surface area is 223 Å². The molecule has 1 aliphatic rings. The summed E-state index contributed by atoms with van der Waals surface area (Å²) in [4.78, 5) is 30.2. The highest BCUT2D eigenvalue weighted by atomic mass is 32.2. The third-order valence-corrected chi connectivity index (χ3v) is 7.03. The van der Waals surface area contributed by atoms with Gasteiger partial charge < -0.3 is 14.8 Å². The molecule has 1 amide bonds. The maximum absolute atomic E-state index is 13.7. The molecule has 0 saturated heterocycles. The summed E-state index contributed by atoms with van der Waals surface area (Å²) in [5.74, 6) is 0.894. The molecular weight excluding hydrogens is 496 g/mol. The molecule has 38 heavy (non-hydrogen) atoms. The van der Waals surface area contributed by atoms with Crippen LogP contribution >= 0.6 is 11.8 Å². The smallest absolute Gasteiger partial charge is 0.285 e. The minimum atomic E-state index is -0.311. The number of hydrogen-bond donors (Lipinski definition) is 2. The molecule has 8 heteroatoms. The number of amides is 1. The molecule has 0 atom stereocenters. The molecule has 1 aromatic heterocycles. The van der Waals surface area contributed by atoms with Gasteiger partial charge in [0.05, 0.1) is 18.1 Å². The second kappa shape index (κ2) is 9.91. The highest BCUT2D eigenvalue weighted by molar-refractivity contribution is 7.99. The largest absolute Gasteiger partial charge is 0.504 e. The Morgan fingerprint density at radius 3 is 2.45 bits per heavy atom. The number of nitrogens with one attached hydrogen (secondary N) is 1. The lowest BCUT2D eigenvalue weighted by molar-refractivity contribution is -0.113. The van der Waals surface area contributed by atoms with E-state index in [1.54, 1.807) is 30.0 Å². The molecule has 5 aromatic rings. The number of phenolic OH excluding ortho intramolecular Hbond substituents is 1. The quantitative estimate of drug-likeness (QED) is 0.259. The van der Waals surface area contributed by atoms with Crippen molar-refractivity contribution < 1.29 is 14.6 Å². The number of carbonyl (C=O) groups excluding carboxylic acids is 1. The van der Waals surface area contributed by atoms with Crippen molar-refractivity contribution >= 4 is 46.6 Å². The molecule has 7 nitrogen and oxygen atoms in total. The lowest BCUT2D eigenvalue weighted by atomic mass is 10.1. The molecule has 1 aliphatic heterocycles. The van der Waals surface area contributed by atoms with Gasteiger partial charge in [-0.1, -0.05) is 66.4 Å². The number of imidazole rings is 1.